The number of hydrogen-bond donors (Lipinski definition) is 3. The lowest BCUT2D eigenvalue weighted by Crippen LogP contribution is -2.48. The fraction of sp³-hybridized carbons (Fsp3) is 0.348. The van der Waals surface area contributed by atoms with Crippen molar-refractivity contribution in [2.45, 2.75) is 25.8 Å². The monoisotopic (exact) mass is 440 g/mol. The highest BCUT2D eigenvalue weighted by Crippen LogP contribution is 2.14. The summed E-state index contributed by atoms with van der Waals surface area (Å²) in [6.45, 7) is 3.18. The number of carbonyl (C=O) groups excluding carboxylic acids is 3. The van der Waals surface area contributed by atoms with Crippen LogP contribution in [-0.2, 0) is 9.59 Å². The highest BCUT2D eigenvalue weighted by Gasteiger charge is 2.23. The highest BCUT2D eigenvalue weighted by atomic mass is 32.2. The van der Waals surface area contributed by atoms with Crippen molar-refractivity contribution in [3.05, 3.63) is 60.2 Å². The van der Waals surface area contributed by atoms with E-state index in [2.05, 4.69) is 16.0 Å². The second kappa shape index (κ2) is 11.4. The van der Waals surface area contributed by atoms with Crippen LogP contribution in [-0.4, -0.2) is 53.4 Å². The Labute approximate surface area is 187 Å². The molecule has 1 heterocycles. The second-order valence-corrected chi connectivity index (χ2v) is 8.52. The van der Waals surface area contributed by atoms with Crippen molar-refractivity contribution < 1.29 is 14.4 Å². The summed E-state index contributed by atoms with van der Waals surface area (Å²) in [6, 6.07) is 16.9. The molecule has 3 rings (SSSR count). The van der Waals surface area contributed by atoms with Gasteiger partial charge in [0, 0.05) is 30.5 Å². The summed E-state index contributed by atoms with van der Waals surface area (Å²) in [4.78, 5) is 38.3. The Hall–Kier alpha value is -3.00. The van der Waals surface area contributed by atoms with Crippen LogP contribution >= 0.6 is 11.8 Å². The fourth-order valence-electron chi connectivity index (χ4n) is 3.29. The average Bonchev–Trinajstić information content (AvgIpc) is 2.76. The highest BCUT2D eigenvalue weighted by molar-refractivity contribution is 8.00. The van der Waals surface area contributed by atoms with E-state index in [-0.39, 0.29) is 35.4 Å². The van der Waals surface area contributed by atoms with Crippen LogP contribution in [0.2, 0.25) is 0 Å². The van der Waals surface area contributed by atoms with Crippen molar-refractivity contribution in [2.75, 3.05) is 35.2 Å². The topological polar surface area (TPSA) is 90.5 Å². The van der Waals surface area contributed by atoms with E-state index in [1.807, 2.05) is 61.5 Å². The Balaban J connectivity index is 1.30. The Morgan fingerprint density at radius 1 is 0.871 bits per heavy atom. The van der Waals surface area contributed by atoms with E-state index >= 15 is 0 Å². The molecule has 3 N–H and O–H groups in total. The molecular formula is C23H28N4O3S. The fourth-order valence-corrected chi connectivity index (χ4v) is 3.92. The summed E-state index contributed by atoms with van der Waals surface area (Å²) in [5.74, 6) is 0.245. The Morgan fingerprint density at radius 3 is 2.16 bits per heavy atom. The lowest BCUT2D eigenvalue weighted by Gasteiger charge is -2.32. The van der Waals surface area contributed by atoms with E-state index in [0.717, 1.165) is 16.9 Å². The van der Waals surface area contributed by atoms with Crippen LogP contribution in [0.5, 0.6) is 0 Å². The van der Waals surface area contributed by atoms with Crippen molar-refractivity contribution in [3.8, 4) is 0 Å². The largest absolute Gasteiger partial charge is 0.353 e. The molecule has 2 aromatic rings. The second-order valence-electron chi connectivity index (χ2n) is 7.53. The van der Waals surface area contributed by atoms with Crippen molar-refractivity contribution in [1.82, 2.24) is 10.2 Å². The Morgan fingerprint density at radius 2 is 1.48 bits per heavy atom. The zero-order valence-electron chi connectivity index (χ0n) is 17.6. The average molecular weight is 441 g/mol. The summed E-state index contributed by atoms with van der Waals surface area (Å²) < 4.78 is 0. The van der Waals surface area contributed by atoms with E-state index in [0.29, 0.717) is 25.9 Å². The van der Waals surface area contributed by atoms with Crippen molar-refractivity contribution in [3.63, 3.8) is 0 Å². The van der Waals surface area contributed by atoms with Gasteiger partial charge in [-0.25, -0.2) is 4.79 Å². The van der Waals surface area contributed by atoms with E-state index in [1.54, 1.807) is 4.90 Å². The first kappa shape index (κ1) is 22.7. The molecule has 0 bridgehead atoms. The van der Waals surface area contributed by atoms with Gasteiger partial charge in [0.1, 0.15) is 0 Å². The van der Waals surface area contributed by atoms with Gasteiger partial charge in [-0.15, -0.1) is 11.8 Å². The molecule has 31 heavy (non-hydrogen) atoms. The normalized spacial score (nSPS) is 14.0. The number of urea groups is 1. The number of amides is 4. The molecule has 1 aliphatic heterocycles. The number of anilines is 2. The van der Waals surface area contributed by atoms with Gasteiger partial charge < -0.3 is 20.9 Å². The minimum Gasteiger partial charge on any atom is -0.353 e. The van der Waals surface area contributed by atoms with Crippen molar-refractivity contribution in [2.24, 2.45) is 0 Å². The molecule has 0 unspecified atom stereocenters. The zero-order valence-corrected chi connectivity index (χ0v) is 18.4. The van der Waals surface area contributed by atoms with E-state index in [4.69, 9.17) is 0 Å². The lowest BCUT2D eigenvalue weighted by molar-refractivity contribution is -0.119. The quantitative estimate of drug-likeness (QED) is 0.615. The van der Waals surface area contributed by atoms with Crippen LogP contribution in [0, 0.1) is 6.92 Å². The molecule has 0 radical (unpaired) electrons. The van der Waals surface area contributed by atoms with Crippen LogP contribution in [0.3, 0.4) is 0 Å². The number of likely N-dealkylation sites (tertiary alicyclic amines) is 1. The number of piperidine rings is 1. The third kappa shape index (κ3) is 7.64. The number of para-hydroxylation sites is 1. The van der Waals surface area contributed by atoms with Gasteiger partial charge in [0.15, 0.2) is 0 Å². The summed E-state index contributed by atoms with van der Waals surface area (Å²) in [7, 11) is 0. The molecule has 1 saturated heterocycles. The molecule has 1 aliphatic rings. The molecule has 0 spiro atoms. The molecule has 0 atom stereocenters. The number of carbonyl (C=O) groups is 3. The molecule has 0 aliphatic carbocycles. The smallest absolute Gasteiger partial charge is 0.321 e. The molecule has 7 nitrogen and oxygen atoms in total. The predicted molar refractivity (Wildman–Crippen MR) is 125 cm³/mol. The SMILES string of the molecule is Cc1ccc(NC(=O)CSCC(=O)NC2CCN(C(=O)Nc3ccccc3)CC2)cc1. The van der Waals surface area contributed by atoms with E-state index < -0.39 is 0 Å². The number of benzene rings is 2. The third-order valence-electron chi connectivity index (χ3n) is 4.97. The first-order valence-electron chi connectivity index (χ1n) is 10.3. The Kier molecular flexibility index (Phi) is 8.35. The molecule has 4 amide bonds. The van der Waals surface area contributed by atoms with Gasteiger partial charge in [-0.1, -0.05) is 35.9 Å². The molecular weight excluding hydrogens is 412 g/mol. The molecule has 0 saturated carbocycles. The van der Waals surface area contributed by atoms with Gasteiger partial charge in [-0.2, -0.15) is 0 Å². The van der Waals surface area contributed by atoms with Crippen molar-refractivity contribution in [1.29, 1.82) is 0 Å². The van der Waals surface area contributed by atoms with Crippen LogP contribution in [0.25, 0.3) is 0 Å². The molecule has 164 valence electrons. The number of hydrogen-bond acceptors (Lipinski definition) is 4. The van der Waals surface area contributed by atoms with Gasteiger partial charge >= 0.3 is 6.03 Å². The van der Waals surface area contributed by atoms with Crippen LogP contribution in [0.4, 0.5) is 16.2 Å². The molecule has 0 aromatic heterocycles. The van der Waals surface area contributed by atoms with Crippen LogP contribution < -0.4 is 16.0 Å². The summed E-state index contributed by atoms with van der Waals surface area (Å²) in [6.07, 6.45) is 1.43. The molecule has 8 heteroatoms. The van der Waals surface area contributed by atoms with E-state index in [1.165, 1.54) is 11.8 Å². The van der Waals surface area contributed by atoms with Gasteiger partial charge in [0.2, 0.25) is 11.8 Å². The summed E-state index contributed by atoms with van der Waals surface area (Å²) in [5.41, 5.74) is 2.65. The maximum Gasteiger partial charge on any atom is 0.321 e. The van der Waals surface area contributed by atoms with Gasteiger partial charge in [-0.3, -0.25) is 9.59 Å². The molecule has 2 aromatic carbocycles. The lowest BCUT2D eigenvalue weighted by atomic mass is 10.1. The zero-order chi connectivity index (χ0) is 22.1. The minimum absolute atomic E-state index is 0.0512. The predicted octanol–water partition coefficient (Wildman–Crippen LogP) is 3.48. The Bertz CT molecular complexity index is 881. The molecule has 1 fully saturated rings. The minimum atomic E-state index is -0.126. The van der Waals surface area contributed by atoms with Crippen LogP contribution in [0.1, 0.15) is 18.4 Å². The number of aryl methyl sites for hydroxylation is 1. The van der Waals surface area contributed by atoms with Crippen molar-refractivity contribution >= 4 is 41.0 Å². The number of nitrogens with one attached hydrogen (secondary N) is 3. The van der Waals surface area contributed by atoms with Gasteiger partial charge in [0.25, 0.3) is 0 Å². The number of thioether (sulfide) groups is 1. The number of rotatable bonds is 7. The maximum atomic E-state index is 12.3. The van der Waals surface area contributed by atoms with Gasteiger partial charge in [-0.05, 0) is 44.0 Å². The first-order valence-corrected chi connectivity index (χ1v) is 11.5. The number of nitrogens with zero attached hydrogens (tertiary/aromatic N) is 1. The van der Waals surface area contributed by atoms with Gasteiger partial charge in [0.05, 0.1) is 11.5 Å². The maximum absolute atomic E-state index is 12.3. The third-order valence-corrected chi connectivity index (χ3v) is 5.91. The standard InChI is InChI=1S/C23H28N4O3S/c1-17-7-9-19(10-8-17)24-21(28)15-31-16-22(29)25-20-11-13-27(14-12-20)23(30)26-18-5-3-2-4-6-18/h2-10,20H,11-16H2,1H3,(H,24,28)(H,25,29)(H,26,30). The van der Waals surface area contributed by atoms with Crippen LogP contribution in [0.15, 0.2) is 54.6 Å². The first-order chi connectivity index (χ1) is 15.0. The summed E-state index contributed by atoms with van der Waals surface area (Å²) in [5, 5.41) is 8.71. The summed E-state index contributed by atoms with van der Waals surface area (Å²) >= 11 is 1.29. The van der Waals surface area contributed by atoms with E-state index in [9.17, 15) is 14.4 Å².